The molecule has 0 radical (unpaired) electrons. The van der Waals surface area contributed by atoms with Gasteiger partial charge in [0.25, 0.3) is 0 Å². The van der Waals surface area contributed by atoms with Gasteiger partial charge in [-0.15, -0.1) is 0 Å². The smallest absolute Gasteiger partial charge is 0.0233 e. The quantitative estimate of drug-likeness (QED) is 0.832. The second kappa shape index (κ2) is 8.52. The molecule has 0 spiro atoms. The van der Waals surface area contributed by atoms with Gasteiger partial charge in [0.15, 0.2) is 0 Å². The van der Waals surface area contributed by atoms with Gasteiger partial charge in [-0.25, -0.2) is 0 Å². The molecule has 1 aromatic rings. The maximum atomic E-state index is 3.70. The molecule has 1 aromatic carbocycles. The number of hydrogen-bond donors (Lipinski definition) is 1. The number of nitrogens with one attached hydrogen (secondary N) is 1. The van der Waals surface area contributed by atoms with E-state index in [9.17, 15) is 0 Å². The molecule has 0 aliphatic carbocycles. The molecule has 118 valence electrons. The minimum absolute atomic E-state index is 0.691. The number of piperidine rings is 1. The van der Waals surface area contributed by atoms with E-state index in [0.717, 1.165) is 26.2 Å². The highest BCUT2D eigenvalue weighted by Crippen LogP contribution is 2.11. The van der Waals surface area contributed by atoms with Crippen molar-refractivity contribution in [1.82, 2.24) is 15.1 Å². The Bertz CT molecular complexity index is 389. The summed E-state index contributed by atoms with van der Waals surface area (Å²) in [6.45, 7) is 11.2. The van der Waals surface area contributed by atoms with Crippen LogP contribution in [0.3, 0.4) is 0 Å². The fourth-order valence-corrected chi connectivity index (χ4v) is 2.94. The van der Waals surface area contributed by atoms with Crippen LogP contribution in [-0.2, 0) is 13.1 Å². The van der Waals surface area contributed by atoms with Gasteiger partial charge in [-0.3, -0.25) is 4.90 Å². The first-order valence-electron chi connectivity index (χ1n) is 8.43. The minimum Gasteiger partial charge on any atom is -0.310 e. The Morgan fingerprint density at radius 3 is 2.19 bits per heavy atom. The summed E-state index contributed by atoms with van der Waals surface area (Å²) in [7, 11) is 2.21. The summed E-state index contributed by atoms with van der Waals surface area (Å²) in [5, 5.41) is 3.70. The third-order valence-corrected chi connectivity index (χ3v) is 4.64. The number of hydrogen-bond acceptors (Lipinski definition) is 3. The Morgan fingerprint density at radius 2 is 1.62 bits per heavy atom. The van der Waals surface area contributed by atoms with Gasteiger partial charge in [0.1, 0.15) is 0 Å². The first-order chi connectivity index (χ1) is 10.2. The van der Waals surface area contributed by atoms with E-state index in [4.69, 9.17) is 0 Å². The first-order valence-corrected chi connectivity index (χ1v) is 8.43. The van der Waals surface area contributed by atoms with E-state index in [2.05, 4.69) is 60.3 Å². The molecule has 0 bridgehead atoms. The molecule has 1 saturated heterocycles. The Kier molecular flexibility index (Phi) is 6.68. The van der Waals surface area contributed by atoms with Crippen LogP contribution in [0.15, 0.2) is 24.3 Å². The van der Waals surface area contributed by atoms with Gasteiger partial charge < -0.3 is 10.2 Å². The van der Waals surface area contributed by atoms with Crippen molar-refractivity contribution in [2.24, 2.45) is 0 Å². The Balaban J connectivity index is 1.77. The molecular weight excluding hydrogens is 258 g/mol. The summed E-state index contributed by atoms with van der Waals surface area (Å²) in [5.74, 6) is 0. The summed E-state index contributed by atoms with van der Waals surface area (Å²) in [4.78, 5) is 4.87. The largest absolute Gasteiger partial charge is 0.310 e. The molecule has 0 unspecified atom stereocenters. The lowest BCUT2D eigenvalue weighted by atomic mass is 10.0. The summed E-state index contributed by atoms with van der Waals surface area (Å²) in [6.07, 6.45) is 2.55. The minimum atomic E-state index is 0.691. The summed E-state index contributed by atoms with van der Waals surface area (Å²) < 4.78 is 0. The molecule has 1 N–H and O–H groups in total. The highest BCUT2D eigenvalue weighted by atomic mass is 15.1. The molecule has 3 nitrogen and oxygen atoms in total. The number of nitrogens with zero attached hydrogens (tertiary/aromatic N) is 2. The maximum absolute atomic E-state index is 3.70. The van der Waals surface area contributed by atoms with Crippen molar-refractivity contribution >= 4 is 0 Å². The van der Waals surface area contributed by atoms with Crippen LogP contribution in [-0.4, -0.2) is 49.1 Å². The Hall–Kier alpha value is -0.900. The molecular formula is C18H31N3. The van der Waals surface area contributed by atoms with Crippen molar-refractivity contribution in [1.29, 1.82) is 0 Å². The SMILES string of the molecule is CCN(CC)Cc1ccc(CNC2CCN(C)CC2)cc1. The van der Waals surface area contributed by atoms with E-state index < -0.39 is 0 Å². The molecule has 21 heavy (non-hydrogen) atoms. The summed E-state index contributed by atoms with van der Waals surface area (Å²) in [5.41, 5.74) is 2.82. The zero-order valence-corrected chi connectivity index (χ0v) is 13.9. The molecule has 2 rings (SSSR count). The third kappa shape index (κ3) is 5.42. The predicted molar refractivity (Wildman–Crippen MR) is 90.4 cm³/mol. The van der Waals surface area contributed by atoms with Crippen molar-refractivity contribution < 1.29 is 0 Å². The average Bonchev–Trinajstić information content (AvgIpc) is 2.53. The van der Waals surface area contributed by atoms with Gasteiger partial charge >= 0.3 is 0 Å². The van der Waals surface area contributed by atoms with Gasteiger partial charge in [-0.2, -0.15) is 0 Å². The number of likely N-dealkylation sites (tertiary alicyclic amines) is 1. The summed E-state index contributed by atoms with van der Waals surface area (Å²) in [6, 6.07) is 9.81. The second-order valence-corrected chi connectivity index (χ2v) is 6.24. The van der Waals surface area contributed by atoms with E-state index >= 15 is 0 Å². The van der Waals surface area contributed by atoms with Crippen molar-refractivity contribution in [3.63, 3.8) is 0 Å². The van der Waals surface area contributed by atoms with Crippen LogP contribution in [0.25, 0.3) is 0 Å². The van der Waals surface area contributed by atoms with Gasteiger partial charge in [0, 0.05) is 19.1 Å². The van der Waals surface area contributed by atoms with E-state index in [1.165, 1.54) is 37.1 Å². The summed E-state index contributed by atoms with van der Waals surface area (Å²) >= 11 is 0. The van der Waals surface area contributed by atoms with Gasteiger partial charge in [-0.05, 0) is 57.2 Å². The number of rotatable bonds is 7. The van der Waals surface area contributed by atoms with E-state index in [1.807, 2.05) is 0 Å². The molecule has 1 fully saturated rings. The third-order valence-electron chi connectivity index (χ3n) is 4.64. The molecule has 0 saturated carbocycles. The van der Waals surface area contributed by atoms with Crippen molar-refractivity contribution in [2.45, 2.75) is 45.8 Å². The van der Waals surface area contributed by atoms with Crippen LogP contribution in [0, 0.1) is 0 Å². The molecule has 1 aliphatic rings. The van der Waals surface area contributed by atoms with E-state index in [0.29, 0.717) is 6.04 Å². The topological polar surface area (TPSA) is 18.5 Å². The van der Waals surface area contributed by atoms with Gasteiger partial charge in [0.2, 0.25) is 0 Å². The fraction of sp³-hybridized carbons (Fsp3) is 0.667. The lowest BCUT2D eigenvalue weighted by Crippen LogP contribution is -2.40. The lowest BCUT2D eigenvalue weighted by molar-refractivity contribution is 0.234. The zero-order chi connectivity index (χ0) is 15.1. The van der Waals surface area contributed by atoms with Crippen LogP contribution >= 0.6 is 0 Å². The predicted octanol–water partition coefficient (Wildman–Crippen LogP) is 2.71. The highest BCUT2D eigenvalue weighted by molar-refractivity contribution is 5.22. The lowest BCUT2D eigenvalue weighted by Gasteiger charge is -2.29. The monoisotopic (exact) mass is 289 g/mol. The standard InChI is InChI=1S/C18H31N3/c1-4-21(5-2)15-17-8-6-16(7-9-17)14-19-18-10-12-20(3)13-11-18/h6-9,18-19H,4-5,10-15H2,1-3H3. The maximum Gasteiger partial charge on any atom is 0.0233 e. The van der Waals surface area contributed by atoms with Crippen LogP contribution < -0.4 is 5.32 Å². The van der Waals surface area contributed by atoms with E-state index in [-0.39, 0.29) is 0 Å². The van der Waals surface area contributed by atoms with E-state index in [1.54, 1.807) is 0 Å². The van der Waals surface area contributed by atoms with Crippen LogP contribution in [0.4, 0.5) is 0 Å². The molecule has 3 heteroatoms. The van der Waals surface area contributed by atoms with Crippen molar-refractivity contribution in [3.05, 3.63) is 35.4 Å². The van der Waals surface area contributed by atoms with Crippen LogP contribution in [0.5, 0.6) is 0 Å². The Morgan fingerprint density at radius 1 is 1.05 bits per heavy atom. The average molecular weight is 289 g/mol. The van der Waals surface area contributed by atoms with Gasteiger partial charge in [0.05, 0.1) is 0 Å². The molecule has 0 aromatic heterocycles. The van der Waals surface area contributed by atoms with Crippen LogP contribution in [0.1, 0.15) is 37.8 Å². The number of benzene rings is 1. The fourth-order valence-electron chi connectivity index (χ4n) is 2.94. The first kappa shape index (κ1) is 16.5. The second-order valence-electron chi connectivity index (χ2n) is 6.24. The van der Waals surface area contributed by atoms with Gasteiger partial charge in [-0.1, -0.05) is 38.1 Å². The molecule has 0 amide bonds. The molecule has 1 aliphatic heterocycles. The van der Waals surface area contributed by atoms with Crippen molar-refractivity contribution in [3.8, 4) is 0 Å². The zero-order valence-electron chi connectivity index (χ0n) is 13.9. The highest BCUT2D eigenvalue weighted by Gasteiger charge is 2.15. The van der Waals surface area contributed by atoms with Crippen molar-refractivity contribution in [2.75, 3.05) is 33.2 Å². The molecule has 0 atom stereocenters. The molecule has 1 heterocycles. The normalized spacial score (nSPS) is 17.5. The Labute approximate surface area is 130 Å². The van der Waals surface area contributed by atoms with Crippen LogP contribution in [0.2, 0.25) is 0 Å².